The van der Waals surface area contributed by atoms with Gasteiger partial charge in [0.1, 0.15) is 6.04 Å². The first-order valence-electron chi connectivity index (χ1n) is 4.23. The lowest BCUT2D eigenvalue weighted by Gasteiger charge is -2.23. The van der Waals surface area contributed by atoms with Crippen LogP contribution < -0.4 is 0 Å². The van der Waals surface area contributed by atoms with Crippen LogP contribution in [0.5, 0.6) is 0 Å². The third-order valence-electron chi connectivity index (χ3n) is 2.22. The molecule has 0 saturated heterocycles. The molecule has 1 aliphatic rings. The average Bonchev–Trinajstić information content (AvgIpc) is 2.68. The first-order valence-corrected chi connectivity index (χ1v) is 4.23. The normalized spacial score (nSPS) is 19.5. The Kier molecular flexibility index (Phi) is 3.19. The molecule has 0 aromatic carbocycles. The van der Waals surface area contributed by atoms with E-state index in [0.717, 1.165) is 12.8 Å². The zero-order valence-electron chi connectivity index (χ0n) is 7.41. The molecule has 0 aliphatic heterocycles. The SMILES string of the molecule is CN(CC(F)F)C(C(=O)O)C1CC1. The van der Waals surface area contributed by atoms with Crippen LogP contribution in [0.25, 0.3) is 0 Å². The zero-order chi connectivity index (χ0) is 10.0. The summed E-state index contributed by atoms with van der Waals surface area (Å²) in [6, 6.07) is -0.728. The molecule has 1 N–H and O–H groups in total. The van der Waals surface area contributed by atoms with E-state index in [1.807, 2.05) is 0 Å². The monoisotopic (exact) mass is 193 g/mol. The number of hydrogen-bond acceptors (Lipinski definition) is 2. The summed E-state index contributed by atoms with van der Waals surface area (Å²) in [7, 11) is 1.43. The van der Waals surface area contributed by atoms with Gasteiger partial charge in [-0.05, 0) is 25.8 Å². The van der Waals surface area contributed by atoms with E-state index in [4.69, 9.17) is 5.11 Å². The third-order valence-corrected chi connectivity index (χ3v) is 2.22. The first-order chi connectivity index (χ1) is 6.02. The fraction of sp³-hybridized carbons (Fsp3) is 0.875. The minimum absolute atomic E-state index is 0.0706. The number of halogens is 2. The van der Waals surface area contributed by atoms with E-state index >= 15 is 0 Å². The van der Waals surface area contributed by atoms with Gasteiger partial charge in [-0.2, -0.15) is 0 Å². The van der Waals surface area contributed by atoms with Crippen molar-refractivity contribution in [1.29, 1.82) is 0 Å². The highest BCUT2D eigenvalue weighted by Crippen LogP contribution is 2.35. The Morgan fingerprint density at radius 3 is 2.46 bits per heavy atom. The molecule has 1 atom stereocenters. The van der Waals surface area contributed by atoms with Crippen LogP contribution >= 0.6 is 0 Å². The Morgan fingerprint density at radius 1 is 1.62 bits per heavy atom. The lowest BCUT2D eigenvalue weighted by Crippen LogP contribution is -2.42. The van der Waals surface area contributed by atoms with Gasteiger partial charge in [0.25, 0.3) is 6.43 Å². The fourth-order valence-electron chi connectivity index (χ4n) is 1.49. The summed E-state index contributed by atoms with van der Waals surface area (Å²) < 4.78 is 23.9. The van der Waals surface area contributed by atoms with Crippen molar-refractivity contribution in [2.75, 3.05) is 13.6 Å². The van der Waals surface area contributed by atoms with Crippen molar-refractivity contribution in [3.05, 3.63) is 0 Å². The molecule has 76 valence electrons. The van der Waals surface area contributed by atoms with Gasteiger partial charge in [0.15, 0.2) is 0 Å². The minimum atomic E-state index is -2.47. The number of hydrogen-bond donors (Lipinski definition) is 1. The summed E-state index contributed by atoms with van der Waals surface area (Å²) in [6.07, 6.45) is -0.791. The van der Waals surface area contributed by atoms with E-state index in [2.05, 4.69) is 0 Å². The molecule has 1 saturated carbocycles. The van der Waals surface area contributed by atoms with E-state index in [1.54, 1.807) is 0 Å². The molecule has 0 aromatic rings. The number of nitrogens with zero attached hydrogens (tertiary/aromatic N) is 1. The molecule has 0 radical (unpaired) electrons. The first kappa shape index (κ1) is 10.4. The molecular weight excluding hydrogens is 180 g/mol. The Bertz CT molecular complexity index is 195. The lowest BCUT2D eigenvalue weighted by molar-refractivity contribution is -0.144. The van der Waals surface area contributed by atoms with Gasteiger partial charge in [0.05, 0.1) is 6.54 Å². The predicted octanol–water partition coefficient (Wildman–Crippen LogP) is 1.05. The van der Waals surface area contributed by atoms with Gasteiger partial charge in [-0.25, -0.2) is 8.78 Å². The van der Waals surface area contributed by atoms with Crippen molar-refractivity contribution in [3.63, 3.8) is 0 Å². The number of carboxylic acids is 1. The Labute approximate surface area is 75.3 Å². The van der Waals surface area contributed by atoms with E-state index in [9.17, 15) is 13.6 Å². The van der Waals surface area contributed by atoms with Crippen LogP contribution in [0, 0.1) is 5.92 Å². The molecule has 0 amide bonds. The smallest absolute Gasteiger partial charge is 0.321 e. The number of carboxylic acid groups (broad SMARTS) is 1. The van der Waals surface area contributed by atoms with Gasteiger partial charge < -0.3 is 5.11 Å². The second-order valence-electron chi connectivity index (χ2n) is 3.45. The van der Waals surface area contributed by atoms with Crippen molar-refractivity contribution < 1.29 is 18.7 Å². The molecule has 1 unspecified atom stereocenters. The van der Waals surface area contributed by atoms with Crippen LogP contribution in [-0.2, 0) is 4.79 Å². The van der Waals surface area contributed by atoms with Crippen molar-refractivity contribution in [2.24, 2.45) is 5.92 Å². The average molecular weight is 193 g/mol. The second-order valence-corrected chi connectivity index (χ2v) is 3.45. The highest BCUT2D eigenvalue weighted by atomic mass is 19.3. The van der Waals surface area contributed by atoms with E-state index < -0.39 is 25.0 Å². The summed E-state index contributed by atoms with van der Waals surface area (Å²) in [5, 5.41) is 8.78. The molecule has 5 heteroatoms. The van der Waals surface area contributed by atoms with E-state index in [1.165, 1.54) is 11.9 Å². The molecule has 1 aliphatic carbocycles. The Balaban J connectivity index is 2.48. The maximum atomic E-state index is 12.0. The largest absolute Gasteiger partial charge is 0.480 e. The van der Waals surface area contributed by atoms with Crippen LogP contribution in [0.3, 0.4) is 0 Å². The van der Waals surface area contributed by atoms with Gasteiger partial charge in [-0.15, -0.1) is 0 Å². The summed E-state index contributed by atoms with van der Waals surface area (Å²) in [6.45, 7) is -0.465. The summed E-state index contributed by atoms with van der Waals surface area (Å²) in [4.78, 5) is 11.9. The molecule has 3 nitrogen and oxygen atoms in total. The lowest BCUT2D eigenvalue weighted by atomic mass is 10.1. The molecule has 0 heterocycles. The topological polar surface area (TPSA) is 40.5 Å². The summed E-state index contributed by atoms with van der Waals surface area (Å²) in [5.41, 5.74) is 0. The fourth-order valence-corrected chi connectivity index (χ4v) is 1.49. The highest BCUT2D eigenvalue weighted by molar-refractivity contribution is 5.74. The van der Waals surface area contributed by atoms with Crippen LogP contribution in [0.1, 0.15) is 12.8 Å². The van der Waals surface area contributed by atoms with Crippen LogP contribution in [-0.4, -0.2) is 42.0 Å². The number of rotatable bonds is 5. The van der Waals surface area contributed by atoms with Gasteiger partial charge in [-0.1, -0.05) is 0 Å². The summed E-state index contributed by atoms with van der Waals surface area (Å²) in [5.74, 6) is -0.924. The van der Waals surface area contributed by atoms with Crippen molar-refractivity contribution >= 4 is 5.97 Å². The highest BCUT2D eigenvalue weighted by Gasteiger charge is 2.39. The third kappa shape index (κ3) is 2.91. The molecule has 0 bridgehead atoms. The van der Waals surface area contributed by atoms with Gasteiger partial charge >= 0.3 is 5.97 Å². The van der Waals surface area contributed by atoms with Crippen LogP contribution in [0.15, 0.2) is 0 Å². The predicted molar refractivity (Wildman–Crippen MR) is 42.8 cm³/mol. The van der Waals surface area contributed by atoms with Crippen LogP contribution in [0.2, 0.25) is 0 Å². The summed E-state index contributed by atoms with van der Waals surface area (Å²) >= 11 is 0. The standard InChI is InChI=1S/C8H13F2NO2/c1-11(4-6(9)10)7(8(12)13)5-2-3-5/h5-7H,2-4H2,1H3,(H,12,13). The van der Waals surface area contributed by atoms with Crippen molar-refractivity contribution in [1.82, 2.24) is 4.90 Å². The molecular formula is C8H13F2NO2. The van der Waals surface area contributed by atoms with Gasteiger partial charge in [0, 0.05) is 0 Å². The van der Waals surface area contributed by atoms with Gasteiger partial charge in [0.2, 0.25) is 0 Å². The number of aliphatic carboxylic acids is 1. The molecule has 1 fully saturated rings. The van der Waals surface area contributed by atoms with E-state index in [0.29, 0.717) is 0 Å². The zero-order valence-corrected chi connectivity index (χ0v) is 7.41. The number of carbonyl (C=O) groups is 1. The number of likely N-dealkylation sites (N-methyl/N-ethyl adjacent to an activating group) is 1. The second kappa shape index (κ2) is 4.00. The maximum absolute atomic E-state index is 12.0. The van der Waals surface area contributed by atoms with Crippen LogP contribution in [0.4, 0.5) is 8.78 Å². The Hall–Kier alpha value is -0.710. The van der Waals surface area contributed by atoms with Crippen molar-refractivity contribution in [3.8, 4) is 0 Å². The van der Waals surface area contributed by atoms with Crippen molar-refractivity contribution in [2.45, 2.75) is 25.3 Å². The Morgan fingerprint density at radius 2 is 2.15 bits per heavy atom. The molecule has 13 heavy (non-hydrogen) atoms. The molecule has 1 rings (SSSR count). The minimum Gasteiger partial charge on any atom is -0.480 e. The van der Waals surface area contributed by atoms with Gasteiger partial charge in [-0.3, -0.25) is 9.69 Å². The maximum Gasteiger partial charge on any atom is 0.321 e. The van der Waals surface area contributed by atoms with E-state index in [-0.39, 0.29) is 5.92 Å². The quantitative estimate of drug-likeness (QED) is 0.709. The molecule has 0 aromatic heterocycles. The molecule has 0 spiro atoms. The number of alkyl halides is 2.